The second-order valence-electron chi connectivity index (χ2n) is 6.30. The predicted octanol–water partition coefficient (Wildman–Crippen LogP) is 2.07. The van der Waals surface area contributed by atoms with Crippen molar-refractivity contribution < 1.29 is 4.79 Å². The number of hydrogen-bond acceptors (Lipinski definition) is 6. The molecule has 0 saturated carbocycles. The van der Waals surface area contributed by atoms with Crippen LogP contribution in [0.25, 0.3) is 0 Å². The Morgan fingerprint density at radius 2 is 1.88 bits per heavy atom. The lowest BCUT2D eigenvalue weighted by Gasteiger charge is -2.34. The van der Waals surface area contributed by atoms with Gasteiger partial charge in [-0.2, -0.15) is 0 Å². The van der Waals surface area contributed by atoms with Crippen molar-refractivity contribution >= 4 is 47.1 Å². The van der Waals surface area contributed by atoms with Crippen molar-refractivity contribution in [1.29, 1.82) is 0 Å². The van der Waals surface area contributed by atoms with Gasteiger partial charge in [0.05, 0.1) is 17.2 Å². The van der Waals surface area contributed by atoms with E-state index in [-0.39, 0.29) is 30.7 Å². The monoisotopic (exact) mass is 418 g/mol. The highest BCUT2D eigenvalue weighted by Crippen LogP contribution is 2.23. The fourth-order valence-corrected chi connectivity index (χ4v) is 4.15. The molecule has 2 aliphatic rings. The summed E-state index contributed by atoms with van der Waals surface area (Å²) in [6.45, 7) is 5.20. The van der Waals surface area contributed by atoms with E-state index in [1.165, 1.54) is 5.00 Å². The van der Waals surface area contributed by atoms with Gasteiger partial charge in [0, 0.05) is 26.2 Å². The van der Waals surface area contributed by atoms with E-state index in [1.807, 2.05) is 15.8 Å². The second kappa shape index (κ2) is 9.55. The maximum Gasteiger partial charge on any atom is 0.276 e. The first-order valence-electron chi connectivity index (χ1n) is 8.51. The molecule has 0 aliphatic carbocycles. The SMILES string of the molecule is Cl.Cl.O=C(c1cn(C2CCNCC2)nn1)N1CCN(c2cccs2)CC1. The lowest BCUT2D eigenvalue weighted by atomic mass is 10.1. The van der Waals surface area contributed by atoms with Crippen molar-refractivity contribution in [3.63, 3.8) is 0 Å². The fourth-order valence-electron chi connectivity index (χ4n) is 3.37. The van der Waals surface area contributed by atoms with Crippen LogP contribution in [0.15, 0.2) is 23.7 Å². The molecular formula is C16H24Cl2N6OS. The third kappa shape index (κ3) is 4.49. The fraction of sp³-hybridized carbons (Fsp3) is 0.562. The molecule has 7 nitrogen and oxygen atoms in total. The molecule has 2 aliphatic heterocycles. The Morgan fingerprint density at radius 1 is 1.15 bits per heavy atom. The van der Waals surface area contributed by atoms with Gasteiger partial charge in [-0.3, -0.25) is 4.79 Å². The molecule has 4 heterocycles. The summed E-state index contributed by atoms with van der Waals surface area (Å²) in [6, 6.07) is 4.56. The van der Waals surface area contributed by atoms with E-state index in [2.05, 4.69) is 38.0 Å². The van der Waals surface area contributed by atoms with Crippen molar-refractivity contribution in [1.82, 2.24) is 25.2 Å². The van der Waals surface area contributed by atoms with Gasteiger partial charge >= 0.3 is 0 Å². The first kappa shape index (κ1) is 21.0. The van der Waals surface area contributed by atoms with Crippen LogP contribution in [0.1, 0.15) is 29.4 Å². The number of thiophene rings is 1. The van der Waals surface area contributed by atoms with Crippen LogP contribution in [0.5, 0.6) is 0 Å². The van der Waals surface area contributed by atoms with Crippen molar-refractivity contribution in [2.24, 2.45) is 0 Å². The lowest BCUT2D eigenvalue weighted by Crippen LogP contribution is -2.48. The predicted molar refractivity (Wildman–Crippen MR) is 108 cm³/mol. The van der Waals surface area contributed by atoms with Gasteiger partial charge in [-0.1, -0.05) is 5.21 Å². The molecule has 2 fully saturated rings. The minimum absolute atomic E-state index is 0. The van der Waals surface area contributed by atoms with Crippen LogP contribution in [0.3, 0.4) is 0 Å². The number of aromatic nitrogens is 3. The highest BCUT2D eigenvalue weighted by molar-refractivity contribution is 7.14. The third-order valence-electron chi connectivity index (χ3n) is 4.80. The molecule has 1 amide bonds. The minimum atomic E-state index is 0. The number of carbonyl (C=O) groups is 1. The summed E-state index contributed by atoms with van der Waals surface area (Å²) in [6.07, 6.45) is 3.90. The topological polar surface area (TPSA) is 66.3 Å². The van der Waals surface area contributed by atoms with E-state index >= 15 is 0 Å². The molecule has 144 valence electrons. The molecule has 0 radical (unpaired) electrons. The molecule has 2 saturated heterocycles. The first-order chi connectivity index (χ1) is 11.8. The molecule has 26 heavy (non-hydrogen) atoms. The van der Waals surface area contributed by atoms with E-state index in [1.54, 1.807) is 11.3 Å². The summed E-state index contributed by atoms with van der Waals surface area (Å²) in [5, 5.41) is 15.0. The highest BCUT2D eigenvalue weighted by atomic mass is 35.5. The summed E-state index contributed by atoms with van der Waals surface area (Å²) >= 11 is 1.75. The molecule has 0 bridgehead atoms. The largest absolute Gasteiger partial charge is 0.360 e. The molecule has 2 aromatic rings. The minimum Gasteiger partial charge on any atom is -0.360 e. The lowest BCUT2D eigenvalue weighted by molar-refractivity contribution is 0.0741. The molecule has 0 aromatic carbocycles. The van der Waals surface area contributed by atoms with Crippen LogP contribution >= 0.6 is 36.2 Å². The molecule has 4 rings (SSSR count). The summed E-state index contributed by atoms with van der Waals surface area (Å²) in [7, 11) is 0. The number of hydrogen-bond donors (Lipinski definition) is 1. The maximum atomic E-state index is 12.7. The van der Waals surface area contributed by atoms with Crippen LogP contribution in [0.2, 0.25) is 0 Å². The van der Waals surface area contributed by atoms with Crippen LogP contribution in [0.4, 0.5) is 5.00 Å². The number of piperidine rings is 1. The average Bonchev–Trinajstić information content (AvgIpc) is 3.34. The first-order valence-corrected chi connectivity index (χ1v) is 9.39. The van der Waals surface area contributed by atoms with E-state index in [0.717, 1.165) is 52.1 Å². The zero-order chi connectivity index (χ0) is 16.4. The van der Waals surface area contributed by atoms with E-state index in [0.29, 0.717) is 11.7 Å². The Morgan fingerprint density at radius 3 is 2.54 bits per heavy atom. The number of nitrogens with zero attached hydrogens (tertiary/aromatic N) is 5. The van der Waals surface area contributed by atoms with Gasteiger partial charge in [-0.25, -0.2) is 4.68 Å². The van der Waals surface area contributed by atoms with Crippen molar-refractivity contribution in [3.05, 3.63) is 29.4 Å². The van der Waals surface area contributed by atoms with Gasteiger partial charge in [-0.15, -0.1) is 41.2 Å². The van der Waals surface area contributed by atoms with E-state index in [4.69, 9.17) is 0 Å². The Balaban J connectivity index is 0.00000121. The van der Waals surface area contributed by atoms with Gasteiger partial charge in [0.25, 0.3) is 5.91 Å². The van der Waals surface area contributed by atoms with Crippen molar-refractivity contribution in [2.75, 3.05) is 44.2 Å². The smallest absolute Gasteiger partial charge is 0.276 e. The number of halogens is 2. The van der Waals surface area contributed by atoms with Crippen LogP contribution < -0.4 is 10.2 Å². The number of nitrogens with one attached hydrogen (secondary N) is 1. The summed E-state index contributed by atoms with van der Waals surface area (Å²) < 4.78 is 1.87. The quantitative estimate of drug-likeness (QED) is 0.825. The van der Waals surface area contributed by atoms with Crippen LogP contribution in [-0.2, 0) is 0 Å². The Kier molecular flexibility index (Phi) is 7.69. The number of piperazine rings is 1. The molecule has 0 atom stereocenters. The zero-order valence-electron chi connectivity index (χ0n) is 14.4. The Bertz CT molecular complexity index is 681. The molecule has 0 spiro atoms. The van der Waals surface area contributed by atoms with Crippen LogP contribution in [-0.4, -0.2) is 65.1 Å². The summed E-state index contributed by atoms with van der Waals surface area (Å²) in [4.78, 5) is 16.9. The van der Waals surface area contributed by atoms with Crippen molar-refractivity contribution in [2.45, 2.75) is 18.9 Å². The van der Waals surface area contributed by atoms with Gasteiger partial charge in [0.2, 0.25) is 0 Å². The zero-order valence-corrected chi connectivity index (χ0v) is 16.9. The molecule has 2 aromatic heterocycles. The number of carbonyl (C=O) groups excluding carboxylic acids is 1. The third-order valence-corrected chi connectivity index (χ3v) is 5.73. The van der Waals surface area contributed by atoms with Gasteiger partial charge in [0.1, 0.15) is 0 Å². The Labute approximate surface area is 169 Å². The number of rotatable bonds is 3. The standard InChI is InChI=1S/C16H22N6OS.2ClH/c23-16(14-12-22(19-18-14)13-3-5-17-6-4-13)21-9-7-20(8-10-21)15-2-1-11-24-15;;/h1-2,11-13,17H,3-10H2;2*1H. The normalized spacial score (nSPS) is 18.2. The van der Waals surface area contributed by atoms with Crippen LogP contribution in [0, 0.1) is 0 Å². The maximum absolute atomic E-state index is 12.7. The molecule has 10 heteroatoms. The van der Waals surface area contributed by atoms with Gasteiger partial charge in [-0.05, 0) is 43.4 Å². The highest BCUT2D eigenvalue weighted by Gasteiger charge is 2.25. The molecule has 1 N–H and O–H groups in total. The van der Waals surface area contributed by atoms with Crippen molar-refractivity contribution in [3.8, 4) is 0 Å². The molecule has 0 unspecified atom stereocenters. The average molecular weight is 419 g/mol. The molecular weight excluding hydrogens is 395 g/mol. The summed E-state index contributed by atoms with van der Waals surface area (Å²) in [5.74, 6) is 0.000939. The van der Waals surface area contributed by atoms with E-state index in [9.17, 15) is 4.79 Å². The van der Waals surface area contributed by atoms with Gasteiger partial charge in [0.15, 0.2) is 5.69 Å². The second-order valence-corrected chi connectivity index (χ2v) is 7.22. The van der Waals surface area contributed by atoms with E-state index < -0.39 is 0 Å². The number of anilines is 1. The van der Waals surface area contributed by atoms with Gasteiger partial charge < -0.3 is 15.1 Å². The Hall–Kier alpha value is -1.35. The summed E-state index contributed by atoms with van der Waals surface area (Å²) in [5.41, 5.74) is 0.470. The number of amides is 1.